The van der Waals surface area contributed by atoms with Crippen LogP contribution in [0.4, 0.5) is 0 Å². The molecule has 5 nitrogen and oxygen atoms in total. The summed E-state index contributed by atoms with van der Waals surface area (Å²) in [6, 6.07) is 1.82. The lowest BCUT2D eigenvalue weighted by Gasteiger charge is -2.16. The average molecular weight is 261 g/mol. The summed E-state index contributed by atoms with van der Waals surface area (Å²) in [7, 11) is 1.59. The van der Waals surface area contributed by atoms with Gasteiger partial charge in [0.2, 0.25) is 0 Å². The fraction of sp³-hybridized carbons (Fsp3) is 0.429. The molecule has 0 aliphatic rings. The Morgan fingerprint density at radius 2 is 2.21 bits per heavy atom. The van der Waals surface area contributed by atoms with Crippen LogP contribution in [0, 0.1) is 6.92 Å². The van der Waals surface area contributed by atoms with Crippen LogP contribution in [-0.4, -0.2) is 27.0 Å². The van der Waals surface area contributed by atoms with Gasteiger partial charge in [-0.25, -0.2) is 0 Å². The fourth-order valence-electron chi connectivity index (χ4n) is 2.14. The number of methoxy groups -OCH3 is 1. The maximum Gasteiger partial charge on any atom is 0.163 e. The largest absolute Gasteiger partial charge is 0.493 e. The highest BCUT2D eigenvalue weighted by molar-refractivity contribution is 5.37. The normalized spacial score (nSPS) is 12.4. The highest BCUT2D eigenvalue weighted by Gasteiger charge is 2.22. The lowest BCUT2D eigenvalue weighted by atomic mass is 10.0. The van der Waals surface area contributed by atoms with Gasteiger partial charge in [-0.15, -0.1) is 0 Å². The summed E-state index contributed by atoms with van der Waals surface area (Å²) < 4.78 is 7.09. The van der Waals surface area contributed by atoms with Gasteiger partial charge in [-0.1, -0.05) is 6.92 Å². The molecule has 0 bridgehead atoms. The first kappa shape index (κ1) is 13.5. The van der Waals surface area contributed by atoms with Crippen molar-refractivity contribution in [1.82, 2.24) is 14.8 Å². The molecule has 0 aromatic carbocycles. The van der Waals surface area contributed by atoms with Gasteiger partial charge in [0.05, 0.1) is 13.3 Å². The smallest absolute Gasteiger partial charge is 0.163 e. The minimum Gasteiger partial charge on any atom is -0.493 e. The summed E-state index contributed by atoms with van der Waals surface area (Å²) in [4.78, 5) is 4.05. The van der Waals surface area contributed by atoms with E-state index in [2.05, 4.69) is 17.0 Å². The Bertz CT molecular complexity index is 551. The molecule has 0 aliphatic carbocycles. The number of hydrogen-bond acceptors (Lipinski definition) is 4. The Morgan fingerprint density at radius 1 is 1.42 bits per heavy atom. The van der Waals surface area contributed by atoms with Gasteiger partial charge in [0, 0.05) is 18.9 Å². The first-order chi connectivity index (χ1) is 9.19. The molecular weight excluding hydrogens is 242 g/mol. The first-order valence-corrected chi connectivity index (χ1v) is 6.37. The maximum atomic E-state index is 10.6. The molecule has 0 amide bonds. The fourth-order valence-corrected chi connectivity index (χ4v) is 2.14. The van der Waals surface area contributed by atoms with Gasteiger partial charge in [-0.3, -0.25) is 9.67 Å². The van der Waals surface area contributed by atoms with Crippen molar-refractivity contribution in [2.24, 2.45) is 0 Å². The third kappa shape index (κ3) is 2.61. The maximum absolute atomic E-state index is 10.6. The van der Waals surface area contributed by atoms with E-state index >= 15 is 0 Å². The van der Waals surface area contributed by atoms with Crippen LogP contribution in [0.1, 0.15) is 36.3 Å². The minimum absolute atomic E-state index is 0.608. The molecule has 1 atom stereocenters. The second-order valence-electron chi connectivity index (χ2n) is 4.46. The topological polar surface area (TPSA) is 60.2 Å². The third-order valence-corrected chi connectivity index (χ3v) is 3.12. The van der Waals surface area contributed by atoms with E-state index in [1.54, 1.807) is 30.4 Å². The Labute approximate surface area is 112 Å². The standard InChI is InChI=1S/C14H19N3O2/c1-4-7-17-13(12(19-3)9-16-17)14(18)11-5-6-15-8-10(11)2/h5-6,8-9,14,18H,4,7H2,1-3H3. The molecule has 2 aromatic heterocycles. The lowest BCUT2D eigenvalue weighted by molar-refractivity contribution is 0.201. The van der Waals surface area contributed by atoms with E-state index in [0.29, 0.717) is 11.4 Å². The second kappa shape index (κ2) is 5.84. The van der Waals surface area contributed by atoms with Crippen molar-refractivity contribution in [2.75, 3.05) is 7.11 Å². The van der Waals surface area contributed by atoms with Crippen LogP contribution in [0.25, 0.3) is 0 Å². The monoisotopic (exact) mass is 261 g/mol. The van der Waals surface area contributed by atoms with Crippen molar-refractivity contribution < 1.29 is 9.84 Å². The highest BCUT2D eigenvalue weighted by Crippen LogP contribution is 2.31. The van der Waals surface area contributed by atoms with Crippen LogP contribution in [-0.2, 0) is 6.54 Å². The number of aryl methyl sites for hydroxylation is 2. The zero-order chi connectivity index (χ0) is 13.8. The summed E-state index contributed by atoms with van der Waals surface area (Å²) in [6.07, 6.45) is 5.25. The van der Waals surface area contributed by atoms with Gasteiger partial charge in [0.1, 0.15) is 11.8 Å². The number of ether oxygens (including phenoxy) is 1. The molecule has 102 valence electrons. The van der Waals surface area contributed by atoms with Gasteiger partial charge in [0.25, 0.3) is 0 Å². The SMILES string of the molecule is CCCn1ncc(OC)c1C(O)c1ccncc1C. The molecule has 0 spiro atoms. The van der Waals surface area contributed by atoms with Gasteiger partial charge < -0.3 is 9.84 Å². The van der Waals surface area contributed by atoms with Gasteiger partial charge >= 0.3 is 0 Å². The van der Waals surface area contributed by atoms with Crippen molar-refractivity contribution >= 4 is 0 Å². The summed E-state index contributed by atoms with van der Waals surface area (Å²) in [6.45, 7) is 4.75. The Morgan fingerprint density at radius 3 is 2.84 bits per heavy atom. The molecule has 0 saturated carbocycles. The van der Waals surface area contributed by atoms with Crippen LogP contribution in [0.5, 0.6) is 5.75 Å². The van der Waals surface area contributed by atoms with Gasteiger partial charge in [-0.2, -0.15) is 5.10 Å². The van der Waals surface area contributed by atoms with Crippen LogP contribution >= 0.6 is 0 Å². The van der Waals surface area contributed by atoms with E-state index in [-0.39, 0.29) is 0 Å². The number of hydrogen-bond donors (Lipinski definition) is 1. The van der Waals surface area contributed by atoms with E-state index in [1.165, 1.54) is 0 Å². The number of nitrogens with zero attached hydrogens (tertiary/aromatic N) is 3. The predicted molar refractivity (Wildman–Crippen MR) is 72.1 cm³/mol. The van der Waals surface area contributed by atoms with E-state index in [1.807, 2.05) is 13.0 Å². The molecule has 2 heterocycles. The molecule has 19 heavy (non-hydrogen) atoms. The molecule has 5 heteroatoms. The predicted octanol–water partition coefficient (Wildman–Crippen LogP) is 2.09. The van der Waals surface area contributed by atoms with Crippen molar-refractivity contribution in [3.63, 3.8) is 0 Å². The molecule has 2 rings (SSSR count). The summed E-state index contributed by atoms with van der Waals surface area (Å²) in [5.74, 6) is 0.608. The first-order valence-electron chi connectivity index (χ1n) is 6.37. The summed E-state index contributed by atoms with van der Waals surface area (Å²) in [5.41, 5.74) is 2.46. The van der Waals surface area contributed by atoms with Crippen LogP contribution in [0.2, 0.25) is 0 Å². The van der Waals surface area contributed by atoms with Gasteiger partial charge in [0.15, 0.2) is 5.75 Å². The van der Waals surface area contributed by atoms with Crippen LogP contribution < -0.4 is 4.74 Å². The molecule has 0 fully saturated rings. The highest BCUT2D eigenvalue weighted by atomic mass is 16.5. The lowest BCUT2D eigenvalue weighted by Crippen LogP contribution is -2.12. The van der Waals surface area contributed by atoms with Gasteiger partial charge in [-0.05, 0) is 30.5 Å². The minimum atomic E-state index is -0.757. The van der Waals surface area contributed by atoms with Crippen molar-refractivity contribution in [2.45, 2.75) is 32.9 Å². The van der Waals surface area contributed by atoms with Crippen molar-refractivity contribution in [3.05, 3.63) is 41.5 Å². The Hall–Kier alpha value is -1.88. The number of aliphatic hydroxyl groups excluding tert-OH is 1. The molecule has 1 N–H and O–H groups in total. The molecule has 0 aliphatic heterocycles. The van der Waals surface area contributed by atoms with Crippen LogP contribution in [0.3, 0.4) is 0 Å². The molecule has 0 saturated heterocycles. The third-order valence-electron chi connectivity index (χ3n) is 3.12. The Balaban J connectivity index is 2.45. The van der Waals surface area contributed by atoms with Crippen LogP contribution in [0.15, 0.2) is 24.7 Å². The molecule has 0 radical (unpaired) electrons. The Kier molecular flexibility index (Phi) is 4.16. The molecular formula is C14H19N3O2. The molecule has 2 aromatic rings. The van der Waals surface area contributed by atoms with E-state index in [0.717, 1.165) is 24.1 Å². The summed E-state index contributed by atoms with van der Waals surface area (Å²) >= 11 is 0. The summed E-state index contributed by atoms with van der Waals surface area (Å²) in [5, 5.41) is 14.9. The number of rotatable bonds is 5. The number of aliphatic hydroxyl groups is 1. The average Bonchev–Trinajstić information content (AvgIpc) is 2.82. The van der Waals surface area contributed by atoms with Crippen molar-refractivity contribution in [1.29, 1.82) is 0 Å². The van der Waals surface area contributed by atoms with E-state index in [4.69, 9.17) is 4.74 Å². The van der Waals surface area contributed by atoms with E-state index in [9.17, 15) is 5.11 Å². The van der Waals surface area contributed by atoms with Crippen molar-refractivity contribution in [3.8, 4) is 5.75 Å². The zero-order valence-electron chi connectivity index (χ0n) is 11.5. The number of aromatic nitrogens is 3. The quantitative estimate of drug-likeness (QED) is 0.895. The molecule has 1 unspecified atom stereocenters. The zero-order valence-corrected chi connectivity index (χ0v) is 11.5. The van der Waals surface area contributed by atoms with E-state index < -0.39 is 6.10 Å². The second-order valence-corrected chi connectivity index (χ2v) is 4.46. The number of pyridine rings is 1.